The molecule has 0 saturated heterocycles. The third-order valence-electron chi connectivity index (χ3n) is 2.17. The molecule has 1 unspecified atom stereocenters. The fourth-order valence-electron chi connectivity index (χ4n) is 1.33. The second kappa shape index (κ2) is 6.13. The molecule has 0 aromatic heterocycles. The van der Waals surface area contributed by atoms with Crippen LogP contribution in [-0.2, 0) is 9.05 Å². The van der Waals surface area contributed by atoms with E-state index >= 15 is 0 Å². The van der Waals surface area contributed by atoms with Crippen molar-refractivity contribution < 1.29 is 35.1 Å². The van der Waals surface area contributed by atoms with Gasteiger partial charge in [-0.25, -0.2) is 21.6 Å². The molecule has 0 N–H and O–H groups in total. The lowest BCUT2D eigenvalue weighted by Gasteiger charge is -2.13. The van der Waals surface area contributed by atoms with Gasteiger partial charge < -0.3 is 4.74 Å². The average molecular weight is 339 g/mol. The van der Waals surface area contributed by atoms with E-state index < -0.39 is 62.2 Å². The smallest absolute Gasteiger partial charge is 0.232 e. The van der Waals surface area contributed by atoms with Gasteiger partial charge in [0, 0.05) is 16.6 Å². The predicted octanol–water partition coefficient (Wildman–Crippen LogP) is 2.97. The first kappa shape index (κ1) is 17.0. The summed E-state index contributed by atoms with van der Waals surface area (Å²) >= 11 is 0. The van der Waals surface area contributed by atoms with Gasteiger partial charge in [0.25, 0.3) is 0 Å². The Hall–Kier alpha value is -1.09. The van der Waals surface area contributed by atoms with Crippen molar-refractivity contribution in [3.8, 4) is 5.75 Å². The van der Waals surface area contributed by atoms with Crippen LogP contribution >= 0.6 is 10.7 Å². The van der Waals surface area contributed by atoms with Crippen LogP contribution in [0.5, 0.6) is 5.75 Å². The zero-order valence-corrected chi connectivity index (χ0v) is 11.5. The van der Waals surface area contributed by atoms with Gasteiger partial charge in [0.2, 0.25) is 38.1 Å². The predicted molar refractivity (Wildman–Crippen MR) is 60.5 cm³/mol. The largest absolute Gasteiger partial charge is 0.487 e. The van der Waals surface area contributed by atoms with Crippen LogP contribution in [0.1, 0.15) is 6.92 Å². The summed E-state index contributed by atoms with van der Waals surface area (Å²) in [5.74, 6) is -13.7. The molecule has 0 fully saturated rings. The van der Waals surface area contributed by atoms with Gasteiger partial charge in [-0.2, -0.15) is 8.78 Å². The third-order valence-corrected chi connectivity index (χ3v) is 3.51. The Balaban J connectivity index is 2.94. The summed E-state index contributed by atoms with van der Waals surface area (Å²) in [6, 6.07) is 0. The van der Waals surface area contributed by atoms with Crippen molar-refractivity contribution in [2.75, 3.05) is 12.4 Å². The molecule has 3 nitrogen and oxygen atoms in total. The van der Waals surface area contributed by atoms with Gasteiger partial charge in [-0.1, -0.05) is 6.92 Å². The molecule has 1 aromatic rings. The van der Waals surface area contributed by atoms with Crippen LogP contribution in [0.2, 0.25) is 0 Å². The molecule has 0 spiro atoms. The van der Waals surface area contributed by atoms with Crippen LogP contribution in [0.25, 0.3) is 0 Å². The standard InChI is InChI=1S/C10H8ClF5O3S/c1-4(3-20(11,17)18)2-19-10-8(15)6(13)5(12)7(14)9(10)16/h4H,2-3H2,1H3. The van der Waals surface area contributed by atoms with Crippen LogP contribution in [0, 0.1) is 35.0 Å². The van der Waals surface area contributed by atoms with E-state index in [0.717, 1.165) is 0 Å². The first-order valence-electron chi connectivity index (χ1n) is 5.11. The van der Waals surface area contributed by atoms with Gasteiger partial charge in [-0.15, -0.1) is 0 Å². The SMILES string of the molecule is CC(COc1c(F)c(F)c(F)c(F)c1F)CS(=O)(=O)Cl. The number of hydrogen-bond acceptors (Lipinski definition) is 3. The molecule has 0 heterocycles. The van der Waals surface area contributed by atoms with Crippen LogP contribution in [0.15, 0.2) is 0 Å². The maximum absolute atomic E-state index is 13.2. The summed E-state index contributed by atoms with van der Waals surface area (Å²) in [6.07, 6.45) is 0. The van der Waals surface area contributed by atoms with E-state index in [1.165, 1.54) is 6.92 Å². The van der Waals surface area contributed by atoms with Gasteiger partial charge in [0.1, 0.15) is 0 Å². The summed E-state index contributed by atoms with van der Waals surface area (Å²) in [7, 11) is 1.07. The van der Waals surface area contributed by atoms with Crippen LogP contribution in [-0.4, -0.2) is 20.8 Å². The number of ether oxygens (including phenoxy) is 1. The first-order valence-corrected chi connectivity index (χ1v) is 7.59. The Labute approximate surface area is 115 Å². The Bertz CT molecular complexity index is 591. The first-order chi connectivity index (χ1) is 9.04. The van der Waals surface area contributed by atoms with Crippen molar-refractivity contribution in [2.24, 2.45) is 5.92 Å². The van der Waals surface area contributed by atoms with Crippen LogP contribution in [0.4, 0.5) is 22.0 Å². The topological polar surface area (TPSA) is 43.4 Å². The summed E-state index contributed by atoms with van der Waals surface area (Å²) < 4.78 is 90.8. The quantitative estimate of drug-likeness (QED) is 0.359. The Morgan fingerprint density at radius 1 is 1.00 bits per heavy atom. The molecule has 1 aromatic carbocycles. The summed E-state index contributed by atoms with van der Waals surface area (Å²) in [5.41, 5.74) is 0. The number of benzene rings is 1. The summed E-state index contributed by atoms with van der Waals surface area (Å²) in [6.45, 7) is 0.719. The fourth-order valence-corrected chi connectivity index (χ4v) is 2.75. The number of halogens is 6. The molecule has 0 saturated carbocycles. The van der Waals surface area contributed by atoms with Crippen molar-refractivity contribution in [3.63, 3.8) is 0 Å². The molecule has 0 radical (unpaired) electrons. The fraction of sp³-hybridized carbons (Fsp3) is 0.400. The zero-order chi connectivity index (χ0) is 15.7. The van der Waals surface area contributed by atoms with E-state index in [1.54, 1.807) is 0 Å². The van der Waals surface area contributed by atoms with Crippen molar-refractivity contribution in [1.29, 1.82) is 0 Å². The van der Waals surface area contributed by atoms with Crippen molar-refractivity contribution in [1.82, 2.24) is 0 Å². The molecule has 1 atom stereocenters. The van der Waals surface area contributed by atoms with Gasteiger partial charge in [0.05, 0.1) is 12.4 Å². The normalized spacial score (nSPS) is 13.3. The van der Waals surface area contributed by atoms with Crippen molar-refractivity contribution in [3.05, 3.63) is 29.1 Å². The minimum atomic E-state index is -3.87. The van der Waals surface area contributed by atoms with E-state index in [0.29, 0.717) is 0 Å². The van der Waals surface area contributed by atoms with Gasteiger partial charge in [-0.3, -0.25) is 0 Å². The number of rotatable bonds is 5. The highest BCUT2D eigenvalue weighted by Crippen LogP contribution is 2.29. The molecule has 0 aliphatic rings. The minimum absolute atomic E-state index is 0.579. The van der Waals surface area contributed by atoms with E-state index in [4.69, 9.17) is 10.7 Å². The highest BCUT2D eigenvalue weighted by molar-refractivity contribution is 8.13. The Morgan fingerprint density at radius 3 is 1.80 bits per heavy atom. The van der Waals surface area contributed by atoms with Gasteiger partial charge in [0.15, 0.2) is 5.75 Å². The molecule has 0 amide bonds. The maximum Gasteiger partial charge on any atom is 0.232 e. The van der Waals surface area contributed by atoms with E-state index in [1.807, 2.05) is 0 Å². The monoisotopic (exact) mass is 338 g/mol. The molecule has 1 rings (SSSR count). The molecule has 0 aliphatic heterocycles. The second-order valence-electron chi connectivity index (χ2n) is 4.02. The molecule has 114 valence electrons. The lowest BCUT2D eigenvalue weighted by molar-refractivity contribution is 0.233. The third kappa shape index (κ3) is 3.95. The zero-order valence-electron chi connectivity index (χ0n) is 9.89. The Morgan fingerprint density at radius 2 is 1.40 bits per heavy atom. The molecule has 20 heavy (non-hydrogen) atoms. The van der Waals surface area contributed by atoms with Crippen LogP contribution < -0.4 is 4.74 Å². The molecular weight excluding hydrogens is 331 g/mol. The van der Waals surface area contributed by atoms with E-state index in [-0.39, 0.29) is 0 Å². The minimum Gasteiger partial charge on any atom is -0.487 e. The van der Waals surface area contributed by atoms with Crippen LogP contribution in [0.3, 0.4) is 0 Å². The highest BCUT2D eigenvalue weighted by Gasteiger charge is 2.27. The molecule has 10 heteroatoms. The number of hydrogen-bond donors (Lipinski definition) is 0. The van der Waals surface area contributed by atoms with Crippen molar-refractivity contribution >= 4 is 19.7 Å². The second-order valence-corrected chi connectivity index (χ2v) is 6.84. The van der Waals surface area contributed by atoms with Gasteiger partial charge >= 0.3 is 0 Å². The highest BCUT2D eigenvalue weighted by atomic mass is 35.7. The summed E-state index contributed by atoms with van der Waals surface area (Å²) in [4.78, 5) is 0. The average Bonchev–Trinajstić information content (AvgIpc) is 2.32. The lowest BCUT2D eigenvalue weighted by Crippen LogP contribution is -2.18. The van der Waals surface area contributed by atoms with Gasteiger partial charge in [-0.05, 0) is 0 Å². The molecular formula is C10H8ClF5O3S. The van der Waals surface area contributed by atoms with E-state index in [2.05, 4.69) is 4.74 Å². The molecule has 0 aliphatic carbocycles. The Kier molecular flexibility index (Phi) is 5.20. The van der Waals surface area contributed by atoms with Crippen molar-refractivity contribution in [2.45, 2.75) is 6.92 Å². The maximum atomic E-state index is 13.2. The lowest BCUT2D eigenvalue weighted by atomic mass is 10.2. The summed E-state index contributed by atoms with van der Waals surface area (Å²) in [5, 5.41) is 0. The molecule has 0 bridgehead atoms. The van der Waals surface area contributed by atoms with E-state index in [9.17, 15) is 30.4 Å².